The maximum Gasteiger partial charge on any atom is 0.273 e. The van der Waals surface area contributed by atoms with E-state index in [0.29, 0.717) is 22.1 Å². The van der Waals surface area contributed by atoms with Gasteiger partial charge in [-0.05, 0) is 48.5 Å². The largest absolute Gasteiger partial charge is 0.506 e. The van der Waals surface area contributed by atoms with E-state index in [1.165, 1.54) is 17.9 Å². The zero-order valence-corrected chi connectivity index (χ0v) is 16.6. The number of methoxy groups -OCH3 is 1. The first kappa shape index (κ1) is 19.5. The number of pyridine rings is 2. The average Bonchev–Trinajstić information content (AvgIpc) is 2.76. The Morgan fingerprint density at radius 3 is 2.63 bits per heavy atom. The number of hydrogen-bond acceptors (Lipinski definition) is 5. The molecule has 30 heavy (non-hydrogen) atoms. The van der Waals surface area contributed by atoms with E-state index in [4.69, 9.17) is 16.3 Å². The van der Waals surface area contributed by atoms with Crippen molar-refractivity contribution < 1.29 is 14.6 Å². The van der Waals surface area contributed by atoms with E-state index in [2.05, 4.69) is 10.3 Å². The number of ether oxygens (including phenoxy) is 1. The number of anilines is 1. The summed E-state index contributed by atoms with van der Waals surface area (Å²) < 4.78 is 6.52. The van der Waals surface area contributed by atoms with Gasteiger partial charge in [0.2, 0.25) is 0 Å². The van der Waals surface area contributed by atoms with Gasteiger partial charge in [0.1, 0.15) is 17.1 Å². The van der Waals surface area contributed by atoms with Gasteiger partial charge in [0.15, 0.2) is 5.65 Å². The summed E-state index contributed by atoms with van der Waals surface area (Å²) in [4.78, 5) is 30.5. The Kier molecular flexibility index (Phi) is 5.12. The van der Waals surface area contributed by atoms with Crippen LogP contribution in [-0.4, -0.2) is 27.7 Å². The molecule has 0 spiro atoms. The fourth-order valence-electron chi connectivity index (χ4n) is 3.12. The molecular weight excluding hydrogens is 406 g/mol. The van der Waals surface area contributed by atoms with Crippen molar-refractivity contribution in [2.75, 3.05) is 12.4 Å². The van der Waals surface area contributed by atoms with Crippen LogP contribution in [0.5, 0.6) is 11.5 Å². The maximum absolute atomic E-state index is 13.3. The summed E-state index contributed by atoms with van der Waals surface area (Å²) in [5, 5.41) is 14.1. The number of hydrogen-bond donors (Lipinski definition) is 2. The minimum Gasteiger partial charge on any atom is -0.506 e. The lowest BCUT2D eigenvalue weighted by atomic mass is 10.1. The van der Waals surface area contributed by atoms with Crippen molar-refractivity contribution in [3.05, 3.63) is 87.8 Å². The standard InChI is InChI=1S/C22H16ClN3O4/c1-30-16-5-2-4-15(12-16)26-20-17(6-3-11-24-20)19(27)18(22(26)29)21(28)25-14-9-7-13(23)8-10-14/h2-12,27H,1H3,(H,25,28). The molecule has 4 aromatic rings. The highest BCUT2D eigenvalue weighted by Gasteiger charge is 2.24. The van der Waals surface area contributed by atoms with Crippen LogP contribution in [0.1, 0.15) is 10.4 Å². The second-order valence-electron chi connectivity index (χ2n) is 6.40. The molecule has 150 valence electrons. The highest BCUT2D eigenvalue weighted by molar-refractivity contribution is 6.30. The first-order valence-corrected chi connectivity index (χ1v) is 9.31. The smallest absolute Gasteiger partial charge is 0.273 e. The van der Waals surface area contributed by atoms with E-state index >= 15 is 0 Å². The second kappa shape index (κ2) is 7.88. The molecule has 0 aliphatic heterocycles. The lowest BCUT2D eigenvalue weighted by Gasteiger charge is -2.15. The minimum atomic E-state index is -0.748. The van der Waals surface area contributed by atoms with E-state index in [0.717, 1.165) is 0 Å². The molecular formula is C22H16ClN3O4. The van der Waals surface area contributed by atoms with Crippen LogP contribution in [0, 0.1) is 0 Å². The number of nitrogens with one attached hydrogen (secondary N) is 1. The van der Waals surface area contributed by atoms with Crippen LogP contribution in [-0.2, 0) is 0 Å². The highest BCUT2D eigenvalue weighted by atomic mass is 35.5. The minimum absolute atomic E-state index is 0.219. The van der Waals surface area contributed by atoms with E-state index in [-0.39, 0.29) is 11.0 Å². The molecule has 1 amide bonds. The first-order chi connectivity index (χ1) is 14.5. The van der Waals surface area contributed by atoms with E-state index in [9.17, 15) is 14.7 Å². The fraction of sp³-hybridized carbons (Fsp3) is 0.0455. The van der Waals surface area contributed by atoms with Gasteiger partial charge in [-0.25, -0.2) is 4.98 Å². The van der Waals surface area contributed by atoms with Crippen LogP contribution < -0.4 is 15.6 Å². The molecule has 2 N–H and O–H groups in total. The van der Waals surface area contributed by atoms with Crippen molar-refractivity contribution in [3.63, 3.8) is 0 Å². The number of fused-ring (bicyclic) bond motifs is 1. The summed E-state index contributed by atoms with van der Waals surface area (Å²) in [5.41, 5.74) is -0.00557. The Bertz CT molecular complexity index is 1320. The average molecular weight is 422 g/mol. The number of benzene rings is 2. The number of halogens is 1. The van der Waals surface area contributed by atoms with Gasteiger partial charge in [-0.15, -0.1) is 0 Å². The van der Waals surface area contributed by atoms with Crippen LogP contribution in [0.2, 0.25) is 5.02 Å². The molecule has 2 heterocycles. The molecule has 0 bridgehead atoms. The van der Waals surface area contributed by atoms with Crippen LogP contribution >= 0.6 is 11.6 Å². The molecule has 0 saturated carbocycles. The van der Waals surface area contributed by atoms with Crippen LogP contribution in [0.4, 0.5) is 5.69 Å². The normalized spacial score (nSPS) is 10.7. The van der Waals surface area contributed by atoms with Crippen molar-refractivity contribution in [1.82, 2.24) is 9.55 Å². The van der Waals surface area contributed by atoms with Gasteiger partial charge >= 0.3 is 0 Å². The summed E-state index contributed by atoms with van der Waals surface area (Å²) in [7, 11) is 1.51. The Morgan fingerprint density at radius 2 is 1.90 bits per heavy atom. The molecule has 0 atom stereocenters. The zero-order valence-electron chi connectivity index (χ0n) is 15.8. The van der Waals surface area contributed by atoms with E-state index in [1.807, 2.05) is 0 Å². The number of aromatic nitrogens is 2. The summed E-state index contributed by atoms with van der Waals surface area (Å²) in [6.45, 7) is 0. The molecule has 2 aromatic carbocycles. The van der Waals surface area contributed by atoms with Gasteiger partial charge in [-0.3, -0.25) is 14.2 Å². The predicted molar refractivity (Wildman–Crippen MR) is 115 cm³/mol. The maximum atomic E-state index is 13.3. The molecule has 0 fully saturated rings. The molecule has 0 aliphatic carbocycles. The quantitative estimate of drug-likeness (QED) is 0.519. The SMILES string of the molecule is COc1cccc(-n2c(=O)c(C(=O)Nc3ccc(Cl)cc3)c(O)c3cccnc32)c1. The summed E-state index contributed by atoms with van der Waals surface area (Å²) >= 11 is 5.87. The highest BCUT2D eigenvalue weighted by Crippen LogP contribution is 2.28. The topological polar surface area (TPSA) is 93.5 Å². The number of aromatic hydroxyl groups is 1. The molecule has 7 nitrogen and oxygen atoms in total. The first-order valence-electron chi connectivity index (χ1n) is 8.93. The third kappa shape index (κ3) is 3.46. The fourth-order valence-corrected chi connectivity index (χ4v) is 3.25. The van der Waals surface area contributed by atoms with Gasteiger partial charge < -0.3 is 15.2 Å². The van der Waals surface area contributed by atoms with Crippen molar-refractivity contribution in [2.24, 2.45) is 0 Å². The third-order valence-corrected chi connectivity index (χ3v) is 4.80. The molecule has 0 aliphatic rings. The molecule has 4 rings (SSSR count). The lowest BCUT2D eigenvalue weighted by molar-refractivity contribution is 0.102. The monoisotopic (exact) mass is 421 g/mol. The third-order valence-electron chi connectivity index (χ3n) is 4.55. The summed E-state index contributed by atoms with van der Waals surface area (Å²) in [6.07, 6.45) is 1.51. The molecule has 0 unspecified atom stereocenters. The summed E-state index contributed by atoms with van der Waals surface area (Å²) in [5.74, 6) is -0.653. The van der Waals surface area contributed by atoms with E-state index < -0.39 is 22.8 Å². The van der Waals surface area contributed by atoms with Gasteiger partial charge in [0.25, 0.3) is 11.5 Å². The molecule has 2 aromatic heterocycles. The van der Waals surface area contributed by atoms with Crippen molar-refractivity contribution in [2.45, 2.75) is 0 Å². The Hall–Kier alpha value is -3.84. The van der Waals surface area contributed by atoms with Crippen LogP contribution in [0.25, 0.3) is 16.7 Å². The van der Waals surface area contributed by atoms with E-state index in [1.54, 1.807) is 60.7 Å². The molecule has 0 radical (unpaired) electrons. The zero-order chi connectivity index (χ0) is 21.3. The Balaban J connectivity index is 1.93. The number of rotatable bonds is 4. The van der Waals surface area contributed by atoms with Crippen molar-refractivity contribution >= 4 is 34.2 Å². The number of nitrogens with zero attached hydrogens (tertiary/aromatic N) is 2. The molecule has 8 heteroatoms. The van der Waals surface area contributed by atoms with Gasteiger partial charge in [0.05, 0.1) is 18.2 Å². The van der Waals surface area contributed by atoms with Crippen molar-refractivity contribution in [3.8, 4) is 17.2 Å². The number of carbonyl (C=O) groups is 1. The predicted octanol–water partition coefficient (Wildman–Crippen LogP) is 4.01. The Labute approximate surface area is 176 Å². The van der Waals surface area contributed by atoms with Crippen LogP contribution in [0.3, 0.4) is 0 Å². The van der Waals surface area contributed by atoms with Gasteiger partial charge in [-0.2, -0.15) is 0 Å². The number of carbonyl (C=O) groups excluding carboxylic acids is 1. The summed E-state index contributed by atoms with van der Waals surface area (Å²) in [6, 6.07) is 16.4. The van der Waals surface area contributed by atoms with Crippen LogP contribution in [0.15, 0.2) is 71.7 Å². The lowest BCUT2D eigenvalue weighted by Crippen LogP contribution is -2.29. The second-order valence-corrected chi connectivity index (χ2v) is 6.84. The van der Waals surface area contributed by atoms with Crippen molar-refractivity contribution in [1.29, 1.82) is 0 Å². The molecule has 0 saturated heterocycles. The number of amides is 1. The Morgan fingerprint density at radius 1 is 1.13 bits per heavy atom. The van der Waals surface area contributed by atoms with Gasteiger partial charge in [-0.1, -0.05) is 17.7 Å². The van der Waals surface area contributed by atoms with Gasteiger partial charge in [0, 0.05) is 23.0 Å².